The number of hydrogen-bond donors (Lipinski definition) is 1. The van der Waals surface area contributed by atoms with Gasteiger partial charge >= 0.3 is 0 Å². The first-order valence-corrected chi connectivity index (χ1v) is 5.83. The predicted molar refractivity (Wildman–Crippen MR) is 68.3 cm³/mol. The lowest BCUT2D eigenvalue weighted by Crippen LogP contribution is -2.24. The van der Waals surface area contributed by atoms with Gasteiger partial charge in [0.2, 0.25) is 5.88 Å². The number of nitrogens with one attached hydrogen (secondary N) is 1. The first-order valence-electron chi connectivity index (χ1n) is 5.83. The number of hydrogen-bond acceptors (Lipinski definition) is 3. The van der Waals surface area contributed by atoms with Crippen molar-refractivity contribution in [1.29, 1.82) is 0 Å². The van der Waals surface area contributed by atoms with Gasteiger partial charge in [-0.2, -0.15) is 0 Å². The number of rotatable bonds is 4. The summed E-state index contributed by atoms with van der Waals surface area (Å²) in [6.45, 7) is -0.255. The molecule has 2 aromatic rings. The van der Waals surface area contributed by atoms with Crippen LogP contribution in [0.4, 0.5) is 8.78 Å². The third-order valence-electron chi connectivity index (χ3n) is 2.70. The van der Waals surface area contributed by atoms with Crippen LogP contribution in [0.15, 0.2) is 36.5 Å². The summed E-state index contributed by atoms with van der Waals surface area (Å²) in [5, 5.41) is 2.43. The van der Waals surface area contributed by atoms with Gasteiger partial charge in [0, 0.05) is 18.3 Å². The van der Waals surface area contributed by atoms with Crippen LogP contribution in [0, 0.1) is 11.6 Å². The molecule has 0 atom stereocenters. The fraction of sp³-hybridized carbons (Fsp3) is 0.143. The summed E-state index contributed by atoms with van der Waals surface area (Å²) in [6.07, 6.45) is 1.48. The molecule has 1 aromatic carbocycles. The van der Waals surface area contributed by atoms with Crippen LogP contribution in [-0.2, 0) is 6.54 Å². The third-order valence-corrected chi connectivity index (χ3v) is 2.70. The number of benzene rings is 1. The highest BCUT2D eigenvalue weighted by Gasteiger charge is 2.14. The molecule has 20 heavy (non-hydrogen) atoms. The summed E-state index contributed by atoms with van der Waals surface area (Å²) < 4.78 is 31.8. The van der Waals surface area contributed by atoms with E-state index in [1.54, 1.807) is 6.07 Å². The first kappa shape index (κ1) is 13.9. The van der Waals surface area contributed by atoms with Crippen LogP contribution in [0.3, 0.4) is 0 Å². The average Bonchev–Trinajstić information content (AvgIpc) is 2.46. The average molecular weight is 278 g/mol. The SMILES string of the molecule is COc1ncccc1C(=O)NCc1c(F)cccc1F. The Morgan fingerprint density at radius 1 is 1.25 bits per heavy atom. The maximum Gasteiger partial charge on any atom is 0.257 e. The van der Waals surface area contributed by atoms with Crippen LogP contribution in [0.2, 0.25) is 0 Å². The van der Waals surface area contributed by atoms with E-state index >= 15 is 0 Å². The number of halogens is 2. The van der Waals surface area contributed by atoms with Crippen molar-refractivity contribution < 1.29 is 18.3 Å². The number of ether oxygens (including phenoxy) is 1. The molecule has 0 aliphatic rings. The minimum Gasteiger partial charge on any atom is -0.480 e. The Hall–Kier alpha value is -2.50. The quantitative estimate of drug-likeness (QED) is 0.933. The number of pyridine rings is 1. The van der Waals surface area contributed by atoms with Crippen molar-refractivity contribution in [2.75, 3.05) is 7.11 Å². The van der Waals surface area contributed by atoms with Gasteiger partial charge in [0.1, 0.15) is 17.2 Å². The van der Waals surface area contributed by atoms with Crippen molar-refractivity contribution in [3.05, 3.63) is 59.3 Å². The van der Waals surface area contributed by atoms with E-state index in [0.717, 1.165) is 12.1 Å². The standard InChI is InChI=1S/C14H12F2N2O2/c1-20-14-9(4-3-7-17-14)13(19)18-8-10-11(15)5-2-6-12(10)16/h2-7H,8H2,1H3,(H,18,19). The monoisotopic (exact) mass is 278 g/mol. The van der Waals surface area contributed by atoms with Crippen LogP contribution >= 0.6 is 0 Å². The van der Waals surface area contributed by atoms with Crippen molar-refractivity contribution in [2.24, 2.45) is 0 Å². The predicted octanol–water partition coefficient (Wildman–Crippen LogP) is 2.30. The van der Waals surface area contributed by atoms with Crippen LogP contribution in [0.25, 0.3) is 0 Å². The van der Waals surface area contributed by atoms with E-state index in [1.807, 2.05) is 0 Å². The first-order chi connectivity index (χ1) is 9.63. The lowest BCUT2D eigenvalue weighted by molar-refractivity contribution is 0.0946. The second-order valence-electron chi connectivity index (χ2n) is 3.94. The minimum absolute atomic E-state index is 0.152. The zero-order valence-electron chi connectivity index (χ0n) is 10.7. The molecule has 1 N–H and O–H groups in total. The van der Waals surface area contributed by atoms with Gasteiger partial charge in [0.25, 0.3) is 5.91 Å². The number of carbonyl (C=O) groups is 1. The summed E-state index contributed by atoms with van der Waals surface area (Å²) in [7, 11) is 1.38. The molecule has 104 valence electrons. The van der Waals surface area contributed by atoms with Crippen LogP contribution in [0.5, 0.6) is 5.88 Å². The van der Waals surface area contributed by atoms with Gasteiger partial charge in [-0.15, -0.1) is 0 Å². The molecule has 1 aromatic heterocycles. The van der Waals surface area contributed by atoms with Gasteiger partial charge in [-0.1, -0.05) is 6.07 Å². The lowest BCUT2D eigenvalue weighted by atomic mass is 10.2. The smallest absolute Gasteiger partial charge is 0.257 e. The molecule has 0 unspecified atom stereocenters. The Balaban J connectivity index is 2.13. The van der Waals surface area contributed by atoms with Crippen LogP contribution in [-0.4, -0.2) is 18.0 Å². The molecule has 0 saturated carbocycles. The van der Waals surface area contributed by atoms with Crippen molar-refractivity contribution in [1.82, 2.24) is 10.3 Å². The molecule has 0 aliphatic heterocycles. The van der Waals surface area contributed by atoms with E-state index in [2.05, 4.69) is 10.3 Å². The maximum atomic E-state index is 13.4. The molecule has 6 heteroatoms. The summed E-state index contributed by atoms with van der Waals surface area (Å²) >= 11 is 0. The number of carbonyl (C=O) groups excluding carboxylic acids is 1. The maximum absolute atomic E-state index is 13.4. The molecule has 0 radical (unpaired) electrons. The highest BCUT2D eigenvalue weighted by molar-refractivity contribution is 5.96. The van der Waals surface area contributed by atoms with Gasteiger partial charge in [-0.05, 0) is 24.3 Å². The molecular weight excluding hydrogens is 266 g/mol. The molecule has 4 nitrogen and oxygen atoms in total. The fourth-order valence-electron chi connectivity index (χ4n) is 1.69. The fourth-order valence-corrected chi connectivity index (χ4v) is 1.69. The molecule has 1 heterocycles. The number of aromatic nitrogens is 1. The Labute approximate surface area is 114 Å². The summed E-state index contributed by atoms with van der Waals surface area (Å²) in [5.74, 6) is -1.77. The van der Waals surface area contributed by atoms with Crippen LogP contribution in [0.1, 0.15) is 15.9 Å². The number of nitrogens with zero attached hydrogens (tertiary/aromatic N) is 1. The van der Waals surface area contributed by atoms with E-state index in [1.165, 1.54) is 25.4 Å². The third kappa shape index (κ3) is 2.90. The zero-order chi connectivity index (χ0) is 14.5. The molecule has 0 aliphatic carbocycles. The highest BCUT2D eigenvalue weighted by Crippen LogP contribution is 2.15. The van der Waals surface area contributed by atoms with E-state index in [4.69, 9.17) is 4.74 Å². The van der Waals surface area contributed by atoms with E-state index in [0.29, 0.717) is 0 Å². The zero-order valence-corrected chi connectivity index (χ0v) is 10.7. The molecule has 0 saturated heterocycles. The van der Waals surface area contributed by atoms with E-state index in [9.17, 15) is 13.6 Å². The highest BCUT2D eigenvalue weighted by atomic mass is 19.1. The molecule has 2 rings (SSSR count). The normalized spacial score (nSPS) is 10.2. The van der Waals surface area contributed by atoms with Crippen molar-refractivity contribution >= 4 is 5.91 Å². The number of methoxy groups -OCH3 is 1. The Morgan fingerprint density at radius 3 is 2.60 bits per heavy atom. The van der Waals surface area contributed by atoms with Gasteiger partial charge in [-0.25, -0.2) is 13.8 Å². The minimum atomic E-state index is -0.705. The topological polar surface area (TPSA) is 51.2 Å². The van der Waals surface area contributed by atoms with Crippen molar-refractivity contribution in [3.63, 3.8) is 0 Å². The van der Waals surface area contributed by atoms with Gasteiger partial charge in [0.15, 0.2) is 0 Å². The molecule has 0 bridgehead atoms. The van der Waals surface area contributed by atoms with E-state index in [-0.39, 0.29) is 23.6 Å². The Morgan fingerprint density at radius 2 is 1.95 bits per heavy atom. The second-order valence-corrected chi connectivity index (χ2v) is 3.94. The van der Waals surface area contributed by atoms with Gasteiger partial charge in [-0.3, -0.25) is 4.79 Å². The second kappa shape index (κ2) is 6.10. The number of amides is 1. The summed E-state index contributed by atoms with van der Waals surface area (Å²) in [5.41, 5.74) is 0.00968. The van der Waals surface area contributed by atoms with E-state index < -0.39 is 17.5 Å². The summed E-state index contributed by atoms with van der Waals surface area (Å²) in [6, 6.07) is 6.62. The largest absolute Gasteiger partial charge is 0.480 e. The molecule has 1 amide bonds. The molecule has 0 fully saturated rings. The molecular formula is C14H12F2N2O2. The lowest BCUT2D eigenvalue weighted by Gasteiger charge is -2.09. The molecule has 0 spiro atoms. The summed E-state index contributed by atoms with van der Waals surface area (Å²) in [4.78, 5) is 15.8. The van der Waals surface area contributed by atoms with Crippen molar-refractivity contribution in [2.45, 2.75) is 6.54 Å². The van der Waals surface area contributed by atoms with Gasteiger partial charge in [0.05, 0.1) is 7.11 Å². The van der Waals surface area contributed by atoms with Crippen molar-refractivity contribution in [3.8, 4) is 5.88 Å². The van der Waals surface area contributed by atoms with Crippen LogP contribution < -0.4 is 10.1 Å². The van der Waals surface area contributed by atoms with Gasteiger partial charge < -0.3 is 10.1 Å². The Bertz CT molecular complexity index is 612. The Kier molecular flexibility index (Phi) is 4.24.